The van der Waals surface area contributed by atoms with Crippen molar-refractivity contribution >= 4 is 11.7 Å². The topological polar surface area (TPSA) is 131 Å². The molecule has 1 saturated heterocycles. The number of carbonyl (C=O) groups is 1. The van der Waals surface area contributed by atoms with Gasteiger partial charge in [0, 0.05) is 29.6 Å². The fourth-order valence-corrected chi connectivity index (χ4v) is 3.94. The number of nitrogens with zero attached hydrogens (tertiary/aromatic N) is 4. The third-order valence-electron chi connectivity index (χ3n) is 5.84. The summed E-state index contributed by atoms with van der Waals surface area (Å²) >= 11 is 0. The molecule has 4 N–H and O–H groups in total. The highest BCUT2D eigenvalue weighted by atomic mass is 19.1. The number of rotatable bonds is 6. The van der Waals surface area contributed by atoms with Gasteiger partial charge in [0.1, 0.15) is 23.0 Å². The van der Waals surface area contributed by atoms with E-state index in [9.17, 15) is 18.4 Å². The first-order valence-electron chi connectivity index (χ1n) is 10.7. The van der Waals surface area contributed by atoms with Crippen LogP contribution in [0.4, 0.5) is 14.6 Å². The van der Waals surface area contributed by atoms with E-state index < -0.39 is 17.5 Å². The van der Waals surface area contributed by atoms with E-state index in [-0.39, 0.29) is 46.6 Å². The Morgan fingerprint density at radius 3 is 2.46 bits per heavy atom. The van der Waals surface area contributed by atoms with Crippen LogP contribution in [-0.2, 0) is 11.3 Å². The van der Waals surface area contributed by atoms with Crippen molar-refractivity contribution in [2.75, 3.05) is 18.9 Å². The van der Waals surface area contributed by atoms with Gasteiger partial charge in [-0.3, -0.25) is 9.59 Å². The van der Waals surface area contributed by atoms with Gasteiger partial charge in [-0.2, -0.15) is 0 Å². The molecule has 1 aliphatic heterocycles. The van der Waals surface area contributed by atoms with E-state index in [1.807, 2.05) is 0 Å². The number of hydrogen-bond acceptors (Lipinski definition) is 6. The second kappa shape index (κ2) is 8.76. The van der Waals surface area contributed by atoms with E-state index in [4.69, 9.17) is 16.2 Å². The number of aromatic nitrogens is 4. The van der Waals surface area contributed by atoms with E-state index in [1.54, 1.807) is 35.2 Å². The molecule has 178 valence electrons. The average molecular weight is 478 g/mol. The second-order valence-electron chi connectivity index (χ2n) is 8.10. The second-order valence-corrected chi connectivity index (χ2v) is 8.10. The van der Waals surface area contributed by atoms with Crippen molar-refractivity contribution in [2.24, 2.45) is 5.73 Å². The number of nitrogens with two attached hydrogens (primary N) is 2. The summed E-state index contributed by atoms with van der Waals surface area (Å²) in [6, 6.07) is 9.83. The van der Waals surface area contributed by atoms with Crippen LogP contribution in [0.25, 0.3) is 22.6 Å². The van der Waals surface area contributed by atoms with Crippen LogP contribution < -0.4 is 17.0 Å². The molecule has 0 aliphatic carbocycles. The SMILES string of the molecule is NC(=O)c1nc(-c2ccc(=O)n(C3COC3)c2)c(-c2cccn2Cc2c(F)cccc2F)nc1N. The van der Waals surface area contributed by atoms with Crippen molar-refractivity contribution < 1.29 is 18.3 Å². The Morgan fingerprint density at radius 1 is 1.06 bits per heavy atom. The maximum absolute atomic E-state index is 14.3. The Bertz CT molecular complexity index is 1490. The molecule has 1 aliphatic rings. The molecule has 0 radical (unpaired) electrons. The smallest absolute Gasteiger partial charge is 0.271 e. The predicted octanol–water partition coefficient (Wildman–Crippen LogP) is 2.35. The fourth-order valence-electron chi connectivity index (χ4n) is 3.94. The van der Waals surface area contributed by atoms with Crippen LogP contribution in [0.5, 0.6) is 0 Å². The predicted molar refractivity (Wildman–Crippen MR) is 123 cm³/mol. The number of hydrogen-bond donors (Lipinski definition) is 2. The molecule has 35 heavy (non-hydrogen) atoms. The molecule has 0 bridgehead atoms. The van der Waals surface area contributed by atoms with Gasteiger partial charge in [0.25, 0.3) is 11.5 Å². The quantitative estimate of drug-likeness (QED) is 0.437. The minimum absolute atomic E-state index is 0.125. The van der Waals surface area contributed by atoms with Crippen molar-refractivity contribution in [2.45, 2.75) is 12.6 Å². The lowest BCUT2D eigenvalue weighted by Gasteiger charge is -2.28. The molecule has 0 atom stereocenters. The Morgan fingerprint density at radius 2 is 1.80 bits per heavy atom. The van der Waals surface area contributed by atoms with Crippen molar-refractivity contribution in [3.63, 3.8) is 0 Å². The Labute approximate surface area is 197 Å². The summed E-state index contributed by atoms with van der Waals surface area (Å²) in [6.45, 7) is 0.665. The van der Waals surface area contributed by atoms with Crippen LogP contribution in [0, 0.1) is 11.6 Å². The summed E-state index contributed by atoms with van der Waals surface area (Å²) in [4.78, 5) is 33.1. The van der Waals surface area contributed by atoms with Gasteiger partial charge in [0.2, 0.25) is 0 Å². The molecule has 11 heteroatoms. The molecular formula is C24H20F2N6O3. The van der Waals surface area contributed by atoms with Crippen LogP contribution in [0.1, 0.15) is 22.1 Å². The molecular weight excluding hydrogens is 458 g/mol. The maximum Gasteiger partial charge on any atom is 0.271 e. The average Bonchev–Trinajstić information content (AvgIpc) is 3.24. The molecule has 0 saturated carbocycles. The van der Waals surface area contributed by atoms with E-state index >= 15 is 0 Å². The monoisotopic (exact) mass is 478 g/mol. The van der Waals surface area contributed by atoms with Crippen molar-refractivity contribution in [1.29, 1.82) is 0 Å². The Kier molecular flexibility index (Phi) is 5.61. The first kappa shape index (κ1) is 22.4. The third kappa shape index (κ3) is 4.06. The molecule has 1 amide bonds. The Hall–Kier alpha value is -4.38. The van der Waals surface area contributed by atoms with E-state index in [0.717, 1.165) is 0 Å². The number of halogens is 2. The number of primary amides is 1. The van der Waals surface area contributed by atoms with Gasteiger partial charge in [-0.1, -0.05) is 6.07 Å². The number of carbonyl (C=O) groups excluding carboxylic acids is 1. The van der Waals surface area contributed by atoms with Gasteiger partial charge in [0.05, 0.1) is 31.5 Å². The minimum Gasteiger partial charge on any atom is -0.382 e. The molecule has 3 aromatic heterocycles. The molecule has 4 heterocycles. The Balaban J connectivity index is 1.68. The van der Waals surface area contributed by atoms with Crippen LogP contribution >= 0.6 is 0 Å². The van der Waals surface area contributed by atoms with Crippen LogP contribution in [0.3, 0.4) is 0 Å². The van der Waals surface area contributed by atoms with Gasteiger partial charge >= 0.3 is 0 Å². The number of amides is 1. The molecule has 1 aromatic carbocycles. The van der Waals surface area contributed by atoms with Gasteiger partial charge in [-0.15, -0.1) is 0 Å². The van der Waals surface area contributed by atoms with Gasteiger partial charge < -0.3 is 25.3 Å². The van der Waals surface area contributed by atoms with E-state index in [2.05, 4.69) is 9.97 Å². The van der Waals surface area contributed by atoms with Crippen LogP contribution in [0.15, 0.2) is 59.7 Å². The molecule has 9 nitrogen and oxygen atoms in total. The summed E-state index contributed by atoms with van der Waals surface area (Å²) < 4.78 is 37.0. The summed E-state index contributed by atoms with van der Waals surface area (Å²) in [5, 5.41) is 0. The lowest BCUT2D eigenvalue weighted by atomic mass is 10.1. The van der Waals surface area contributed by atoms with Crippen LogP contribution in [0.2, 0.25) is 0 Å². The first-order valence-corrected chi connectivity index (χ1v) is 10.7. The van der Waals surface area contributed by atoms with Crippen molar-refractivity contribution in [3.8, 4) is 22.6 Å². The lowest BCUT2D eigenvalue weighted by molar-refractivity contribution is -0.0247. The maximum atomic E-state index is 14.3. The number of nitrogen functional groups attached to an aromatic ring is 1. The fraction of sp³-hybridized carbons (Fsp3) is 0.167. The lowest BCUT2D eigenvalue weighted by Crippen LogP contribution is -2.36. The van der Waals surface area contributed by atoms with E-state index in [0.29, 0.717) is 24.5 Å². The summed E-state index contributed by atoms with van der Waals surface area (Å²) in [7, 11) is 0. The number of benzene rings is 1. The number of anilines is 1. The highest BCUT2D eigenvalue weighted by Crippen LogP contribution is 2.32. The highest BCUT2D eigenvalue weighted by molar-refractivity contribution is 5.96. The zero-order valence-electron chi connectivity index (χ0n) is 18.3. The standard InChI is InChI=1S/C24H20F2N6O3/c25-16-3-1-4-17(26)15(16)10-31-8-2-5-18(31)21-20(29-22(24(28)34)23(27)30-21)13-6-7-19(33)32(9-13)14-11-35-12-14/h1-9,14H,10-12H2,(H2,27,30)(H2,28,34). The molecule has 0 spiro atoms. The van der Waals surface area contributed by atoms with Gasteiger partial charge in [-0.05, 0) is 30.3 Å². The van der Waals surface area contributed by atoms with Gasteiger partial charge in [-0.25, -0.2) is 18.7 Å². The minimum atomic E-state index is -0.868. The number of pyridine rings is 1. The zero-order valence-corrected chi connectivity index (χ0v) is 18.3. The summed E-state index contributed by atoms with van der Waals surface area (Å²) in [6.07, 6.45) is 3.24. The summed E-state index contributed by atoms with van der Waals surface area (Å²) in [5.74, 6) is -2.43. The van der Waals surface area contributed by atoms with Crippen molar-refractivity contribution in [1.82, 2.24) is 19.1 Å². The highest BCUT2D eigenvalue weighted by Gasteiger charge is 2.24. The van der Waals surface area contributed by atoms with Crippen molar-refractivity contribution in [3.05, 3.63) is 88.1 Å². The number of ether oxygens (including phenoxy) is 1. The normalized spacial score (nSPS) is 13.5. The van der Waals surface area contributed by atoms with E-state index in [1.165, 1.54) is 28.8 Å². The molecule has 5 rings (SSSR count). The van der Waals surface area contributed by atoms with Gasteiger partial charge in [0.15, 0.2) is 11.5 Å². The third-order valence-corrected chi connectivity index (χ3v) is 5.84. The zero-order chi connectivity index (χ0) is 24.7. The van der Waals surface area contributed by atoms with Crippen LogP contribution in [-0.4, -0.2) is 38.2 Å². The largest absolute Gasteiger partial charge is 0.382 e. The summed E-state index contributed by atoms with van der Waals surface area (Å²) in [5.41, 5.74) is 12.3. The molecule has 0 unspecified atom stereocenters. The first-order chi connectivity index (χ1) is 16.8. The molecule has 4 aromatic rings. The molecule has 1 fully saturated rings.